The van der Waals surface area contributed by atoms with E-state index in [9.17, 15) is 14.4 Å². The second kappa shape index (κ2) is 6.68. The summed E-state index contributed by atoms with van der Waals surface area (Å²) in [5.74, 6) is 0.293. The van der Waals surface area contributed by atoms with Crippen LogP contribution in [0, 0.1) is 0 Å². The number of carbonyl (C=O) groups excluding carboxylic acids is 2. The fraction of sp³-hybridized carbons (Fsp3) is 0.200. The summed E-state index contributed by atoms with van der Waals surface area (Å²) >= 11 is 0. The van der Waals surface area contributed by atoms with Crippen LogP contribution in [0.25, 0.3) is 11.5 Å². The lowest BCUT2D eigenvalue weighted by atomic mass is 10.1. The Hall–Kier alpha value is -3.48. The van der Waals surface area contributed by atoms with Gasteiger partial charge in [0.05, 0.1) is 6.26 Å². The van der Waals surface area contributed by atoms with E-state index in [4.69, 9.17) is 4.42 Å². The quantitative estimate of drug-likeness (QED) is 0.664. The van der Waals surface area contributed by atoms with Gasteiger partial charge in [-0.05, 0) is 48.4 Å². The van der Waals surface area contributed by atoms with E-state index in [1.54, 1.807) is 41.3 Å². The Balaban J connectivity index is 1.59. The number of aromatic nitrogens is 2. The van der Waals surface area contributed by atoms with E-state index < -0.39 is 0 Å². The number of amides is 1. The molecule has 0 atom stereocenters. The summed E-state index contributed by atoms with van der Waals surface area (Å²) in [5, 5.41) is 4.22. The topological polar surface area (TPSA) is 85.4 Å². The van der Waals surface area contributed by atoms with Gasteiger partial charge in [-0.15, -0.1) is 0 Å². The lowest BCUT2D eigenvalue weighted by molar-refractivity contribution is -0.116. The van der Waals surface area contributed by atoms with Crippen LogP contribution < -0.4 is 10.5 Å². The Labute approximate surface area is 154 Å². The number of carbonyl (C=O) groups is 2. The van der Waals surface area contributed by atoms with E-state index >= 15 is 0 Å². The highest BCUT2D eigenvalue weighted by atomic mass is 16.3. The fourth-order valence-electron chi connectivity index (χ4n) is 3.25. The highest BCUT2D eigenvalue weighted by Crippen LogP contribution is 2.29. The number of anilines is 1. The van der Waals surface area contributed by atoms with Crippen molar-refractivity contribution < 1.29 is 14.0 Å². The van der Waals surface area contributed by atoms with Crippen molar-refractivity contribution in [2.75, 3.05) is 11.4 Å². The first kappa shape index (κ1) is 17.0. The van der Waals surface area contributed by atoms with Gasteiger partial charge < -0.3 is 9.32 Å². The molecular weight excluding hydrogens is 346 g/mol. The van der Waals surface area contributed by atoms with Crippen LogP contribution in [0.5, 0.6) is 0 Å². The van der Waals surface area contributed by atoms with Crippen LogP contribution in [-0.2, 0) is 17.8 Å². The van der Waals surface area contributed by atoms with Gasteiger partial charge in [0.25, 0.3) is 5.56 Å². The zero-order valence-corrected chi connectivity index (χ0v) is 14.7. The standard InChI is InChI=1S/C20H17N3O4/c1-13(24)22-9-8-14-11-15(4-6-17(14)22)18(25)12-23-20(26)7-5-16(21-23)19-3-2-10-27-19/h2-7,10-11H,8-9,12H2,1H3. The lowest BCUT2D eigenvalue weighted by Crippen LogP contribution is -2.26. The first-order valence-corrected chi connectivity index (χ1v) is 8.59. The molecule has 1 aliphatic heterocycles. The molecule has 0 N–H and O–H groups in total. The van der Waals surface area contributed by atoms with Crippen LogP contribution in [0.3, 0.4) is 0 Å². The van der Waals surface area contributed by atoms with E-state index in [0.717, 1.165) is 15.9 Å². The van der Waals surface area contributed by atoms with Gasteiger partial charge in [0, 0.05) is 30.8 Å². The predicted molar refractivity (Wildman–Crippen MR) is 98.7 cm³/mol. The van der Waals surface area contributed by atoms with Crippen LogP contribution in [0.4, 0.5) is 5.69 Å². The summed E-state index contributed by atoms with van der Waals surface area (Å²) in [6.07, 6.45) is 2.23. The monoisotopic (exact) mass is 363 g/mol. The van der Waals surface area contributed by atoms with E-state index in [1.165, 1.54) is 19.3 Å². The minimum atomic E-state index is -0.359. The van der Waals surface area contributed by atoms with Crippen molar-refractivity contribution in [3.63, 3.8) is 0 Å². The summed E-state index contributed by atoms with van der Waals surface area (Å²) in [5.41, 5.74) is 2.42. The molecule has 0 unspecified atom stereocenters. The Kier molecular flexibility index (Phi) is 4.19. The van der Waals surface area contributed by atoms with Gasteiger partial charge >= 0.3 is 0 Å². The molecule has 1 amide bonds. The van der Waals surface area contributed by atoms with Gasteiger partial charge in [-0.3, -0.25) is 14.4 Å². The number of furan rings is 1. The second-order valence-corrected chi connectivity index (χ2v) is 6.38. The highest BCUT2D eigenvalue weighted by molar-refractivity contribution is 5.98. The molecule has 3 heterocycles. The molecule has 27 heavy (non-hydrogen) atoms. The average Bonchev–Trinajstić information content (AvgIpc) is 3.32. The third-order valence-corrected chi connectivity index (χ3v) is 4.61. The van der Waals surface area contributed by atoms with E-state index in [2.05, 4.69) is 5.10 Å². The molecule has 7 heteroatoms. The zero-order valence-electron chi connectivity index (χ0n) is 14.7. The zero-order chi connectivity index (χ0) is 19.0. The number of benzene rings is 1. The molecule has 4 rings (SSSR count). The Bertz CT molecular complexity index is 1080. The van der Waals surface area contributed by atoms with Gasteiger partial charge in [-0.25, -0.2) is 4.68 Å². The number of fused-ring (bicyclic) bond motifs is 1. The van der Waals surface area contributed by atoms with Crippen LogP contribution in [0.1, 0.15) is 22.8 Å². The van der Waals surface area contributed by atoms with Crippen molar-refractivity contribution in [3.05, 3.63) is 70.2 Å². The highest BCUT2D eigenvalue weighted by Gasteiger charge is 2.23. The summed E-state index contributed by atoms with van der Waals surface area (Å²) < 4.78 is 6.42. The molecule has 136 valence electrons. The van der Waals surface area contributed by atoms with Gasteiger partial charge in [-0.1, -0.05) is 0 Å². The van der Waals surface area contributed by atoms with E-state index in [-0.39, 0.29) is 23.8 Å². The summed E-state index contributed by atoms with van der Waals surface area (Å²) in [4.78, 5) is 38.1. The number of rotatable bonds is 4. The van der Waals surface area contributed by atoms with Crippen molar-refractivity contribution in [1.29, 1.82) is 0 Å². The number of ketones is 1. The third-order valence-electron chi connectivity index (χ3n) is 4.61. The smallest absolute Gasteiger partial charge is 0.267 e. The molecule has 7 nitrogen and oxygen atoms in total. The maximum atomic E-state index is 12.7. The number of hydrogen-bond acceptors (Lipinski definition) is 5. The lowest BCUT2D eigenvalue weighted by Gasteiger charge is -2.14. The van der Waals surface area contributed by atoms with Gasteiger partial charge in [0.1, 0.15) is 12.2 Å². The first-order chi connectivity index (χ1) is 13.0. The number of hydrogen-bond donors (Lipinski definition) is 0. The molecule has 0 fully saturated rings. The summed E-state index contributed by atoms with van der Waals surface area (Å²) in [6, 6.07) is 11.7. The molecule has 3 aromatic rings. The van der Waals surface area contributed by atoms with Gasteiger partial charge in [0.2, 0.25) is 5.91 Å². The van der Waals surface area contributed by atoms with E-state index in [1.807, 2.05) is 0 Å². The Morgan fingerprint density at radius 2 is 2.04 bits per heavy atom. The van der Waals surface area contributed by atoms with Crippen LogP contribution in [0.2, 0.25) is 0 Å². The van der Waals surface area contributed by atoms with Gasteiger partial charge in [-0.2, -0.15) is 5.10 Å². The fourth-order valence-corrected chi connectivity index (χ4v) is 3.25. The predicted octanol–water partition coefficient (Wildman–Crippen LogP) is 2.30. The molecule has 1 aliphatic rings. The van der Waals surface area contributed by atoms with Crippen molar-refractivity contribution in [2.24, 2.45) is 0 Å². The number of Topliss-reactive ketones (excluding diaryl/α,β-unsaturated/α-hetero) is 1. The summed E-state index contributed by atoms with van der Waals surface area (Å²) in [7, 11) is 0. The maximum absolute atomic E-state index is 12.7. The van der Waals surface area contributed by atoms with Crippen molar-refractivity contribution in [3.8, 4) is 11.5 Å². The summed E-state index contributed by atoms with van der Waals surface area (Å²) in [6.45, 7) is 1.98. The molecule has 0 saturated heterocycles. The third kappa shape index (κ3) is 3.19. The molecular formula is C20H17N3O4. The van der Waals surface area contributed by atoms with Crippen LogP contribution in [-0.4, -0.2) is 28.0 Å². The molecule has 2 aromatic heterocycles. The second-order valence-electron chi connectivity index (χ2n) is 6.38. The molecule has 0 saturated carbocycles. The first-order valence-electron chi connectivity index (χ1n) is 8.59. The van der Waals surface area contributed by atoms with Crippen LogP contribution >= 0.6 is 0 Å². The Morgan fingerprint density at radius 3 is 2.78 bits per heavy atom. The average molecular weight is 363 g/mol. The molecule has 0 aliphatic carbocycles. The maximum Gasteiger partial charge on any atom is 0.267 e. The minimum absolute atomic E-state index is 0.0154. The van der Waals surface area contributed by atoms with E-state index in [0.29, 0.717) is 30.0 Å². The Morgan fingerprint density at radius 1 is 1.19 bits per heavy atom. The molecule has 0 radical (unpaired) electrons. The molecule has 0 spiro atoms. The van der Waals surface area contributed by atoms with Crippen molar-refractivity contribution in [1.82, 2.24) is 9.78 Å². The minimum Gasteiger partial charge on any atom is -0.463 e. The normalized spacial score (nSPS) is 12.9. The number of nitrogens with zero attached hydrogens (tertiary/aromatic N) is 3. The van der Waals surface area contributed by atoms with Crippen molar-refractivity contribution >= 4 is 17.4 Å². The van der Waals surface area contributed by atoms with Crippen molar-refractivity contribution in [2.45, 2.75) is 19.9 Å². The molecule has 1 aromatic carbocycles. The van der Waals surface area contributed by atoms with Gasteiger partial charge in [0.15, 0.2) is 11.5 Å². The SMILES string of the molecule is CC(=O)N1CCc2cc(C(=O)Cn3nc(-c4ccco4)ccc3=O)ccc21. The molecule has 0 bridgehead atoms. The largest absolute Gasteiger partial charge is 0.463 e. The van der Waals surface area contributed by atoms with Crippen LogP contribution in [0.15, 0.2) is 57.9 Å².